The SMILES string of the molecule is CCCNCc1cnc(N2CC(=O)NC(=O)C2CC)s1. The molecule has 1 unspecified atom stereocenters. The Balaban J connectivity index is 2.08. The zero-order chi connectivity index (χ0) is 14.5. The molecule has 1 aromatic heterocycles. The maximum absolute atomic E-state index is 11.8. The molecule has 0 aliphatic carbocycles. The van der Waals surface area contributed by atoms with E-state index < -0.39 is 0 Å². The molecule has 2 amide bonds. The molecule has 1 saturated heterocycles. The van der Waals surface area contributed by atoms with Gasteiger partial charge in [0.25, 0.3) is 0 Å². The van der Waals surface area contributed by atoms with E-state index in [1.165, 1.54) is 11.3 Å². The predicted molar refractivity (Wildman–Crippen MR) is 78.7 cm³/mol. The van der Waals surface area contributed by atoms with Crippen molar-refractivity contribution in [2.45, 2.75) is 39.3 Å². The fourth-order valence-electron chi connectivity index (χ4n) is 2.17. The summed E-state index contributed by atoms with van der Waals surface area (Å²) >= 11 is 1.53. The van der Waals surface area contributed by atoms with Gasteiger partial charge in [0, 0.05) is 17.6 Å². The van der Waals surface area contributed by atoms with Gasteiger partial charge in [0.2, 0.25) is 11.8 Å². The van der Waals surface area contributed by atoms with Crippen molar-refractivity contribution in [3.63, 3.8) is 0 Å². The number of amides is 2. The summed E-state index contributed by atoms with van der Waals surface area (Å²) in [5.41, 5.74) is 0. The van der Waals surface area contributed by atoms with E-state index in [1.807, 2.05) is 13.1 Å². The quantitative estimate of drug-likeness (QED) is 0.602. The van der Waals surface area contributed by atoms with Gasteiger partial charge >= 0.3 is 0 Å². The van der Waals surface area contributed by atoms with Crippen LogP contribution in [0, 0.1) is 0 Å². The van der Waals surface area contributed by atoms with E-state index in [2.05, 4.69) is 22.5 Å². The maximum Gasteiger partial charge on any atom is 0.249 e. The summed E-state index contributed by atoms with van der Waals surface area (Å²) in [7, 11) is 0. The minimum Gasteiger partial charge on any atom is -0.327 e. The number of hydrogen-bond acceptors (Lipinski definition) is 6. The van der Waals surface area contributed by atoms with E-state index in [0.717, 1.165) is 29.5 Å². The molecule has 110 valence electrons. The number of rotatable bonds is 6. The van der Waals surface area contributed by atoms with E-state index in [1.54, 1.807) is 4.90 Å². The van der Waals surface area contributed by atoms with Gasteiger partial charge in [0.15, 0.2) is 5.13 Å². The van der Waals surface area contributed by atoms with Gasteiger partial charge in [-0.2, -0.15) is 0 Å². The van der Waals surface area contributed by atoms with Crippen LogP contribution in [0.3, 0.4) is 0 Å². The highest BCUT2D eigenvalue weighted by molar-refractivity contribution is 7.15. The molecule has 0 aromatic carbocycles. The molecule has 1 aliphatic rings. The van der Waals surface area contributed by atoms with Crippen LogP contribution in [0.2, 0.25) is 0 Å². The van der Waals surface area contributed by atoms with Crippen LogP contribution in [0.15, 0.2) is 6.20 Å². The minimum absolute atomic E-state index is 0.194. The van der Waals surface area contributed by atoms with Crippen molar-refractivity contribution in [2.24, 2.45) is 0 Å². The molecule has 7 heteroatoms. The summed E-state index contributed by atoms with van der Waals surface area (Å²) in [6, 6.07) is -0.310. The molecule has 0 bridgehead atoms. The lowest BCUT2D eigenvalue weighted by molar-refractivity contribution is -0.132. The Bertz CT molecular complexity index is 488. The van der Waals surface area contributed by atoms with Crippen LogP contribution < -0.4 is 15.5 Å². The normalized spacial score (nSPS) is 19.3. The summed E-state index contributed by atoms with van der Waals surface area (Å²) in [6.45, 7) is 5.99. The van der Waals surface area contributed by atoms with E-state index in [0.29, 0.717) is 6.42 Å². The van der Waals surface area contributed by atoms with Gasteiger partial charge in [-0.3, -0.25) is 14.9 Å². The number of thiazole rings is 1. The largest absolute Gasteiger partial charge is 0.327 e. The number of carbonyl (C=O) groups excluding carboxylic acids is 2. The average molecular weight is 296 g/mol. The van der Waals surface area contributed by atoms with Gasteiger partial charge in [-0.1, -0.05) is 13.8 Å². The molecule has 1 aromatic rings. The second-order valence-corrected chi connectivity index (χ2v) is 5.84. The summed E-state index contributed by atoms with van der Waals surface area (Å²) in [4.78, 5) is 30.6. The van der Waals surface area contributed by atoms with Crippen molar-refractivity contribution >= 4 is 28.3 Å². The van der Waals surface area contributed by atoms with Crippen LogP contribution in [-0.2, 0) is 16.1 Å². The molecular weight excluding hydrogens is 276 g/mol. The average Bonchev–Trinajstić information content (AvgIpc) is 2.87. The smallest absolute Gasteiger partial charge is 0.249 e. The first-order valence-electron chi connectivity index (χ1n) is 6.91. The standard InChI is InChI=1S/C13H20N4O2S/c1-3-5-14-6-9-7-15-13(20-9)17-8-11(18)16-12(19)10(17)4-2/h7,10,14H,3-6,8H2,1-2H3,(H,16,18,19). The highest BCUT2D eigenvalue weighted by atomic mass is 32.1. The highest BCUT2D eigenvalue weighted by Crippen LogP contribution is 2.26. The van der Waals surface area contributed by atoms with E-state index >= 15 is 0 Å². The molecule has 2 rings (SSSR count). The first kappa shape index (κ1) is 14.9. The monoisotopic (exact) mass is 296 g/mol. The van der Waals surface area contributed by atoms with Crippen molar-refractivity contribution in [3.05, 3.63) is 11.1 Å². The van der Waals surface area contributed by atoms with E-state index in [9.17, 15) is 9.59 Å². The van der Waals surface area contributed by atoms with Crippen molar-refractivity contribution in [2.75, 3.05) is 18.0 Å². The third kappa shape index (κ3) is 3.34. The zero-order valence-corrected chi connectivity index (χ0v) is 12.6. The zero-order valence-electron chi connectivity index (χ0n) is 11.8. The third-order valence-corrected chi connectivity index (χ3v) is 4.19. The molecule has 0 radical (unpaired) electrons. The topological polar surface area (TPSA) is 74.3 Å². The lowest BCUT2D eigenvalue weighted by Crippen LogP contribution is -2.58. The van der Waals surface area contributed by atoms with Crippen LogP contribution in [0.5, 0.6) is 0 Å². The number of piperazine rings is 1. The van der Waals surface area contributed by atoms with Crippen LogP contribution in [0.4, 0.5) is 5.13 Å². The molecule has 0 spiro atoms. The number of aromatic nitrogens is 1. The number of imide groups is 1. The van der Waals surface area contributed by atoms with Crippen molar-refractivity contribution in [1.82, 2.24) is 15.6 Å². The van der Waals surface area contributed by atoms with Crippen LogP contribution >= 0.6 is 11.3 Å². The van der Waals surface area contributed by atoms with Gasteiger partial charge < -0.3 is 10.2 Å². The molecule has 1 atom stereocenters. The van der Waals surface area contributed by atoms with Crippen molar-refractivity contribution in [1.29, 1.82) is 0 Å². The lowest BCUT2D eigenvalue weighted by Gasteiger charge is -2.32. The summed E-state index contributed by atoms with van der Waals surface area (Å²) < 4.78 is 0. The Kier molecular flexibility index (Phi) is 5.08. The van der Waals surface area contributed by atoms with E-state index in [-0.39, 0.29) is 24.4 Å². The Morgan fingerprint density at radius 3 is 3.00 bits per heavy atom. The number of nitrogens with one attached hydrogen (secondary N) is 2. The molecule has 2 N–H and O–H groups in total. The first-order valence-corrected chi connectivity index (χ1v) is 7.73. The first-order chi connectivity index (χ1) is 9.65. The Morgan fingerprint density at radius 2 is 2.30 bits per heavy atom. The molecule has 20 heavy (non-hydrogen) atoms. The van der Waals surface area contributed by atoms with Gasteiger partial charge in [-0.05, 0) is 19.4 Å². The summed E-state index contributed by atoms with van der Waals surface area (Å²) in [5.74, 6) is -0.495. The minimum atomic E-state index is -0.310. The fourth-order valence-corrected chi connectivity index (χ4v) is 3.10. The molecule has 0 saturated carbocycles. The van der Waals surface area contributed by atoms with Crippen LogP contribution in [0.25, 0.3) is 0 Å². The number of nitrogens with zero attached hydrogens (tertiary/aromatic N) is 2. The molecule has 1 fully saturated rings. The fraction of sp³-hybridized carbons (Fsp3) is 0.615. The van der Waals surface area contributed by atoms with Crippen LogP contribution in [0.1, 0.15) is 31.6 Å². The molecular formula is C13H20N4O2S. The van der Waals surface area contributed by atoms with Gasteiger partial charge in [-0.15, -0.1) is 11.3 Å². The molecule has 2 heterocycles. The number of carbonyl (C=O) groups is 2. The predicted octanol–water partition coefficient (Wildman–Crippen LogP) is 0.884. The molecule has 1 aliphatic heterocycles. The summed E-state index contributed by atoms with van der Waals surface area (Å²) in [6.07, 6.45) is 3.55. The number of anilines is 1. The number of hydrogen-bond donors (Lipinski definition) is 2. The van der Waals surface area contributed by atoms with Crippen molar-refractivity contribution in [3.8, 4) is 0 Å². The maximum atomic E-state index is 11.8. The summed E-state index contributed by atoms with van der Waals surface area (Å²) in [5, 5.41) is 6.43. The van der Waals surface area contributed by atoms with Gasteiger partial charge in [0.1, 0.15) is 12.6 Å². The second-order valence-electron chi connectivity index (χ2n) is 4.75. The molecule has 6 nitrogen and oxygen atoms in total. The van der Waals surface area contributed by atoms with Crippen LogP contribution in [-0.4, -0.2) is 35.9 Å². The Hall–Kier alpha value is -1.47. The van der Waals surface area contributed by atoms with Crippen molar-refractivity contribution < 1.29 is 9.59 Å². The third-order valence-electron chi connectivity index (χ3n) is 3.16. The highest BCUT2D eigenvalue weighted by Gasteiger charge is 2.33. The van der Waals surface area contributed by atoms with Gasteiger partial charge in [0.05, 0.1) is 0 Å². The van der Waals surface area contributed by atoms with E-state index in [4.69, 9.17) is 0 Å². The Labute approximate surface area is 122 Å². The van der Waals surface area contributed by atoms with Gasteiger partial charge in [-0.25, -0.2) is 4.98 Å². The second kappa shape index (κ2) is 6.81. The lowest BCUT2D eigenvalue weighted by atomic mass is 10.1. The Morgan fingerprint density at radius 1 is 1.50 bits per heavy atom.